The molecule has 112 valence electrons. The largest absolute Gasteiger partial charge is 0.495 e. The maximum Gasteiger partial charge on any atom is 0.246 e. The summed E-state index contributed by atoms with van der Waals surface area (Å²) in [5.41, 5.74) is -0.995. The molecule has 5 nitrogen and oxygen atoms in total. The zero-order valence-corrected chi connectivity index (χ0v) is 13.0. The maximum absolute atomic E-state index is 12.7. The lowest BCUT2D eigenvalue weighted by atomic mass is 9.97. The van der Waals surface area contributed by atoms with Crippen LogP contribution in [0, 0.1) is 0 Å². The van der Waals surface area contributed by atoms with E-state index < -0.39 is 15.6 Å². The van der Waals surface area contributed by atoms with Crippen LogP contribution in [0.1, 0.15) is 19.8 Å². The smallest absolute Gasteiger partial charge is 0.246 e. The van der Waals surface area contributed by atoms with Crippen LogP contribution in [0.25, 0.3) is 0 Å². The van der Waals surface area contributed by atoms with Crippen molar-refractivity contribution in [3.05, 3.63) is 23.2 Å². The fourth-order valence-electron chi connectivity index (χ4n) is 2.37. The summed E-state index contributed by atoms with van der Waals surface area (Å²) in [5, 5.41) is 10.5. The van der Waals surface area contributed by atoms with Gasteiger partial charge >= 0.3 is 0 Å². The quantitative estimate of drug-likeness (QED) is 0.924. The molecular weight excluding hydrogens is 302 g/mol. The van der Waals surface area contributed by atoms with Gasteiger partial charge < -0.3 is 9.84 Å². The maximum atomic E-state index is 12.7. The average Bonchev–Trinajstić information content (AvgIpc) is 2.37. The molecule has 1 unspecified atom stereocenters. The van der Waals surface area contributed by atoms with Crippen LogP contribution in [-0.4, -0.2) is 43.6 Å². The lowest BCUT2D eigenvalue weighted by Crippen LogP contribution is -2.48. The first-order valence-corrected chi connectivity index (χ1v) is 8.14. The van der Waals surface area contributed by atoms with E-state index in [1.165, 1.54) is 29.6 Å². The molecule has 0 bridgehead atoms. The van der Waals surface area contributed by atoms with E-state index in [-0.39, 0.29) is 17.2 Å². The van der Waals surface area contributed by atoms with Crippen LogP contribution in [-0.2, 0) is 10.0 Å². The van der Waals surface area contributed by atoms with Gasteiger partial charge in [0.15, 0.2) is 0 Å². The van der Waals surface area contributed by atoms with Crippen LogP contribution < -0.4 is 4.74 Å². The molecule has 2 rings (SSSR count). The molecular formula is C13H18ClNO4S. The zero-order chi connectivity index (χ0) is 15.0. The van der Waals surface area contributed by atoms with Crippen molar-refractivity contribution in [3.8, 4) is 5.75 Å². The number of benzene rings is 1. The first kappa shape index (κ1) is 15.6. The highest BCUT2D eigenvalue weighted by molar-refractivity contribution is 7.89. The van der Waals surface area contributed by atoms with Gasteiger partial charge in [0.1, 0.15) is 10.6 Å². The van der Waals surface area contributed by atoms with Crippen LogP contribution in [0.3, 0.4) is 0 Å². The van der Waals surface area contributed by atoms with Crippen molar-refractivity contribution in [2.24, 2.45) is 0 Å². The zero-order valence-electron chi connectivity index (χ0n) is 11.5. The van der Waals surface area contributed by atoms with Gasteiger partial charge in [-0.25, -0.2) is 8.42 Å². The first-order valence-electron chi connectivity index (χ1n) is 6.32. The number of β-amino-alcohol motifs (C(OH)–C–C–N with tert-alkyl or cyclic N) is 1. The lowest BCUT2D eigenvalue weighted by molar-refractivity contribution is 0.00936. The van der Waals surface area contributed by atoms with Crippen molar-refractivity contribution in [3.63, 3.8) is 0 Å². The van der Waals surface area contributed by atoms with E-state index in [0.29, 0.717) is 24.4 Å². The minimum Gasteiger partial charge on any atom is -0.495 e. The molecule has 0 radical (unpaired) electrons. The molecule has 0 amide bonds. The molecule has 1 saturated heterocycles. The highest BCUT2D eigenvalue weighted by Crippen LogP contribution is 2.32. The summed E-state index contributed by atoms with van der Waals surface area (Å²) in [6.07, 6.45) is 1.22. The topological polar surface area (TPSA) is 66.8 Å². The SMILES string of the molecule is COc1cc(Cl)ccc1S(=O)(=O)N1CCCC(C)(O)C1. The van der Waals surface area contributed by atoms with E-state index in [2.05, 4.69) is 0 Å². The molecule has 20 heavy (non-hydrogen) atoms. The monoisotopic (exact) mass is 319 g/mol. The number of halogens is 1. The summed E-state index contributed by atoms with van der Waals surface area (Å²) in [7, 11) is -2.30. The van der Waals surface area contributed by atoms with E-state index in [0.717, 1.165) is 0 Å². The Morgan fingerprint density at radius 3 is 2.75 bits per heavy atom. The van der Waals surface area contributed by atoms with Crippen molar-refractivity contribution >= 4 is 21.6 Å². The van der Waals surface area contributed by atoms with Gasteiger partial charge in [-0.05, 0) is 31.9 Å². The molecule has 1 N–H and O–H groups in total. The van der Waals surface area contributed by atoms with Gasteiger partial charge in [0.25, 0.3) is 0 Å². The van der Waals surface area contributed by atoms with Gasteiger partial charge in [0, 0.05) is 24.2 Å². The van der Waals surface area contributed by atoms with Gasteiger partial charge in [-0.1, -0.05) is 11.6 Å². The lowest BCUT2D eigenvalue weighted by Gasteiger charge is -2.36. The third-order valence-corrected chi connectivity index (χ3v) is 5.50. The van der Waals surface area contributed by atoms with Crippen molar-refractivity contribution < 1.29 is 18.3 Å². The van der Waals surface area contributed by atoms with Gasteiger partial charge in [0.05, 0.1) is 12.7 Å². The second-order valence-electron chi connectivity index (χ2n) is 5.23. The first-order chi connectivity index (χ1) is 9.26. The van der Waals surface area contributed by atoms with Crippen LogP contribution in [0.15, 0.2) is 23.1 Å². The van der Waals surface area contributed by atoms with E-state index in [1.807, 2.05) is 0 Å². The van der Waals surface area contributed by atoms with E-state index in [4.69, 9.17) is 16.3 Å². The minimum absolute atomic E-state index is 0.0714. The van der Waals surface area contributed by atoms with Crippen LogP contribution in [0.5, 0.6) is 5.75 Å². The fourth-order valence-corrected chi connectivity index (χ4v) is 4.27. The average molecular weight is 320 g/mol. The number of methoxy groups -OCH3 is 1. The van der Waals surface area contributed by atoms with Crippen LogP contribution in [0.2, 0.25) is 5.02 Å². The number of aliphatic hydroxyl groups is 1. The standard InChI is InChI=1S/C13H18ClNO4S/c1-13(16)6-3-7-15(9-13)20(17,18)12-5-4-10(14)8-11(12)19-2/h4-5,8,16H,3,6-7,9H2,1-2H3. The molecule has 1 aromatic carbocycles. The molecule has 1 heterocycles. The Bertz CT molecular complexity index is 600. The summed E-state index contributed by atoms with van der Waals surface area (Å²) in [6, 6.07) is 4.41. The molecule has 1 aliphatic rings. The molecule has 0 saturated carbocycles. The summed E-state index contributed by atoms with van der Waals surface area (Å²) in [5.74, 6) is 0.211. The second kappa shape index (κ2) is 5.52. The molecule has 7 heteroatoms. The highest BCUT2D eigenvalue weighted by Gasteiger charge is 2.36. The molecule has 0 spiro atoms. The summed E-state index contributed by atoms with van der Waals surface area (Å²) in [4.78, 5) is 0.0714. The van der Waals surface area contributed by atoms with Crippen molar-refractivity contribution in [1.29, 1.82) is 0 Å². The number of hydrogen-bond donors (Lipinski definition) is 1. The van der Waals surface area contributed by atoms with Crippen LogP contribution in [0.4, 0.5) is 0 Å². The number of ether oxygens (including phenoxy) is 1. The van der Waals surface area contributed by atoms with Gasteiger partial charge in [-0.2, -0.15) is 4.31 Å². The number of rotatable bonds is 3. The Morgan fingerprint density at radius 2 is 2.15 bits per heavy atom. The summed E-state index contributed by atoms with van der Waals surface area (Å²) < 4.78 is 31.7. The molecule has 0 aliphatic carbocycles. The Labute approximate surface area is 124 Å². The highest BCUT2D eigenvalue weighted by atomic mass is 35.5. The van der Waals surface area contributed by atoms with Crippen LogP contribution >= 0.6 is 11.6 Å². The van der Waals surface area contributed by atoms with E-state index >= 15 is 0 Å². The normalized spacial score (nSPS) is 24.6. The van der Waals surface area contributed by atoms with Crippen molar-refractivity contribution in [2.45, 2.75) is 30.3 Å². The number of nitrogens with zero attached hydrogens (tertiary/aromatic N) is 1. The molecule has 1 atom stereocenters. The summed E-state index contributed by atoms with van der Waals surface area (Å²) in [6.45, 7) is 2.12. The Hall–Kier alpha value is -0.820. The molecule has 1 aliphatic heterocycles. The Kier molecular flexibility index (Phi) is 4.30. The second-order valence-corrected chi connectivity index (χ2v) is 7.58. The van der Waals surface area contributed by atoms with E-state index in [1.54, 1.807) is 6.92 Å². The Balaban J connectivity index is 2.40. The van der Waals surface area contributed by atoms with Crippen molar-refractivity contribution in [1.82, 2.24) is 4.31 Å². The molecule has 1 fully saturated rings. The molecule has 1 aromatic rings. The Morgan fingerprint density at radius 1 is 1.45 bits per heavy atom. The van der Waals surface area contributed by atoms with Crippen molar-refractivity contribution in [2.75, 3.05) is 20.2 Å². The summed E-state index contributed by atoms with van der Waals surface area (Å²) >= 11 is 5.85. The minimum atomic E-state index is -3.70. The number of piperidine rings is 1. The van der Waals surface area contributed by atoms with Gasteiger partial charge in [0.2, 0.25) is 10.0 Å². The number of hydrogen-bond acceptors (Lipinski definition) is 4. The molecule has 0 aromatic heterocycles. The van der Waals surface area contributed by atoms with Gasteiger partial charge in [-0.3, -0.25) is 0 Å². The fraction of sp³-hybridized carbons (Fsp3) is 0.538. The third-order valence-electron chi connectivity index (χ3n) is 3.38. The predicted octanol–water partition coefficient (Wildman–Crippen LogP) is 1.88. The third kappa shape index (κ3) is 3.09. The van der Waals surface area contributed by atoms with E-state index in [9.17, 15) is 13.5 Å². The van der Waals surface area contributed by atoms with Gasteiger partial charge in [-0.15, -0.1) is 0 Å². The number of sulfonamides is 1. The predicted molar refractivity (Wildman–Crippen MR) is 76.6 cm³/mol.